The van der Waals surface area contributed by atoms with Crippen molar-refractivity contribution >= 4 is 29.2 Å². The van der Waals surface area contributed by atoms with Crippen LogP contribution in [0.25, 0.3) is 0 Å². The minimum absolute atomic E-state index is 0.0114. The zero-order chi connectivity index (χ0) is 21.6. The third-order valence-corrected chi connectivity index (χ3v) is 4.61. The Bertz CT molecular complexity index is 923. The van der Waals surface area contributed by atoms with Crippen LogP contribution in [0.3, 0.4) is 0 Å². The molecule has 11 heteroatoms. The smallest absolute Gasteiger partial charge is 0.205 e. The van der Waals surface area contributed by atoms with Crippen LogP contribution in [0.4, 0.5) is 14.5 Å². The second kappa shape index (κ2) is 10.3. The van der Waals surface area contributed by atoms with Crippen LogP contribution in [0.15, 0.2) is 45.9 Å². The molecule has 7 nitrogen and oxygen atoms in total. The van der Waals surface area contributed by atoms with Crippen LogP contribution < -0.4 is 27.2 Å². The Morgan fingerprint density at radius 1 is 1.41 bits per heavy atom. The largest absolute Gasteiger partial charge is 0.482 e. The number of allylic oxidation sites excluding steroid dienone is 2. The number of likely N-dealkylation sites (N-methyl/N-ethyl adjacent to an activating group) is 1. The lowest BCUT2D eigenvalue weighted by molar-refractivity contribution is 0.179. The minimum Gasteiger partial charge on any atom is -0.482 e. The molecule has 0 amide bonds. The molecule has 0 bridgehead atoms. The molecule has 1 aromatic rings. The van der Waals surface area contributed by atoms with Crippen molar-refractivity contribution in [2.45, 2.75) is 6.29 Å². The van der Waals surface area contributed by atoms with Gasteiger partial charge in [-0.15, -0.1) is 0 Å². The topological polar surface area (TPSA) is 115 Å². The average molecular weight is 443 g/mol. The number of hydrogen-bond donors (Lipinski definition) is 5. The lowest BCUT2D eigenvalue weighted by atomic mass is 10.1. The van der Waals surface area contributed by atoms with E-state index in [2.05, 4.69) is 21.9 Å². The van der Waals surface area contributed by atoms with Gasteiger partial charge in [-0.25, -0.2) is 8.78 Å². The van der Waals surface area contributed by atoms with Crippen LogP contribution in [0.1, 0.15) is 5.56 Å². The van der Waals surface area contributed by atoms with Gasteiger partial charge in [0.25, 0.3) is 0 Å². The average Bonchev–Trinajstić information content (AvgIpc) is 2.65. The standard InChI is InChI=1S/C18H21ClF2N6OS/c1-27-9-10(19)7-15(17(27)28-2)29-26-14-6-5-13(20)12(16(14)21)4-3-11(22)8-25-18(23)24/h5-8,18,25-26H,9,22-24H2,1-2H3/b11-8-. The van der Waals surface area contributed by atoms with E-state index < -0.39 is 23.5 Å². The Hall–Kier alpha value is -2.58. The van der Waals surface area contributed by atoms with Gasteiger partial charge in [-0.1, -0.05) is 17.5 Å². The van der Waals surface area contributed by atoms with E-state index in [1.165, 1.54) is 19.4 Å². The van der Waals surface area contributed by atoms with Gasteiger partial charge < -0.3 is 25.4 Å². The highest BCUT2D eigenvalue weighted by Crippen LogP contribution is 2.32. The Morgan fingerprint density at radius 3 is 2.79 bits per heavy atom. The molecular weight excluding hydrogens is 422 g/mol. The van der Waals surface area contributed by atoms with Gasteiger partial charge in [-0.2, -0.15) is 0 Å². The lowest BCUT2D eigenvalue weighted by Gasteiger charge is -2.26. The molecule has 0 atom stereocenters. The molecular formula is C18H21ClF2N6OS. The first-order valence-electron chi connectivity index (χ1n) is 8.24. The molecule has 2 rings (SSSR count). The predicted molar refractivity (Wildman–Crippen MR) is 113 cm³/mol. The zero-order valence-corrected chi connectivity index (χ0v) is 17.3. The molecule has 0 fully saturated rings. The highest BCUT2D eigenvalue weighted by atomic mass is 35.5. The van der Waals surface area contributed by atoms with Crippen LogP contribution in [0, 0.1) is 23.5 Å². The molecule has 1 aromatic carbocycles. The Labute approximate surface area is 177 Å². The van der Waals surface area contributed by atoms with Gasteiger partial charge in [-0.3, -0.25) is 11.5 Å². The van der Waals surface area contributed by atoms with E-state index in [0.717, 1.165) is 18.0 Å². The number of nitrogens with two attached hydrogens (primary N) is 3. The molecule has 156 valence electrons. The van der Waals surface area contributed by atoms with Crippen molar-refractivity contribution < 1.29 is 13.5 Å². The van der Waals surface area contributed by atoms with Gasteiger partial charge in [0.15, 0.2) is 5.82 Å². The maximum Gasteiger partial charge on any atom is 0.205 e. The summed E-state index contributed by atoms with van der Waals surface area (Å²) in [4.78, 5) is 2.44. The van der Waals surface area contributed by atoms with E-state index in [0.29, 0.717) is 22.4 Å². The molecule has 8 N–H and O–H groups in total. The van der Waals surface area contributed by atoms with E-state index in [1.807, 2.05) is 7.05 Å². The number of nitrogens with one attached hydrogen (secondary N) is 2. The van der Waals surface area contributed by atoms with Crippen molar-refractivity contribution in [2.75, 3.05) is 25.4 Å². The molecule has 0 unspecified atom stereocenters. The van der Waals surface area contributed by atoms with Crippen LogP contribution in [0.2, 0.25) is 0 Å². The van der Waals surface area contributed by atoms with E-state index in [1.54, 1.807) is 11.0 Å². The van der Waals surface area contributed by atoms with Crippen molar-refractivity contribution in [1.82, 2.24) is 10.2 Å². The number of benzene rings is 1. The molecule has 1 aliphatic rings. The fourth-order valence-corrected chi connectivity index (χ4v) is 3.54. The number of halogens is 3. The zero-order valence-electron chi connectivity index (χ0n) is 15.7. The number of anilines is 1. The Morgan fingerprint density at radius 2 is 2.14 bits per heavy atom. The monoisotopic (exact) mass is 442 g/mol. The van der Waals surface area contributed by atoms with Crippen LogP contribution in [0.5, 0.6) is 0 Å². The van der Waals surface area contributed by atoms with Gasteiger partial charge in [0.1, 0.15) is 12.1 Å². The quantitative estimate of drug-likeness (QED) is 0.257. The van der Waals surface area contributed by atoms with E-state index in [-0.39, 0.29) is 11.4 Å². The van der Waals surface area contributed by atoms with Crippen LogP contribution >= 0.6 is 23.5 Å². The third-order valence-electron chi connectivity index (χ3n) is 3.55. The van der Waals surface area contributed by atoms with Gasteiger partial charge in [-0.05, 0) is 36.1 Å². The van der Waals surface area contributed by atoms with Gasteiger partial charge in [0, 0.05) is 18.3 Å². The maximum atomic E-state index is 14.8. The van der Waals surface area contributed by atoms with Crippen molar-refractivity contribution in [3.05, 3.63) is 63.1 Å². The lowest BCUT2D eigenvalue weighted by Crippen LogP contribution is -2.42. The predicted octanol–water partition coefficient (Wildman–Crippen LogP) is 1.85. The molecule has 1 heterocycles. The van der Waals surface area contributed by atoms with Gasteiger partial charge in [0.05, 0.1) is 35.5 Å². The summed E-state index contributed by atoms with van der Waals surface area (Å²) in [5.41, 5.74) is 15.9. The number of hydrogen-bond acceptors (Lipinski definition) is 8. The molecule has 1 aliphatic heterocycles. The van der Waals surface area contributed by atoms with Crippen molar-refractivity contribution in [3.8, 4) is 11.8 Å². The molecule has 29 heavy (non-hydrogen) atoms. The second-order valence-electron chi connectivity index (χ2n) is 5.85. The highest BCUT2D eigenvalue weighted by molar-refractivity contribution is 8.04. The first-order chi connectivity index (χ1) is 13.7. The molecule has 0 saturated carbocycles. The third kappa shape index (κ3) is 6.20. The number of nitrogens with zero attached hydrogens (tertiary/aromatic N) is 1. The number of rotatable bonds is 6. The first kappa shape index (κ1) is 22.7. The second-order valence-corrected chi connectivity index (χ2v) is 7.18. The van der Waals surface area contributed by atoms with Crippen molar-refractivity contribution in [1.29, 1.82) is 0 Å². The van der Waals surface area contributed by atoms with E-state index >= 15 is 0 Å². The normalized spacial score (nSPS) is 14.4. The number of ether oxygens (including phenoxy) is 1. The van der Waals surface area contributed by atoms with Gasteiger partial charge in [0.2, 0.25) is 5.88 Å². The summed E-state index contributed by atoms with van der Waals surface area (Å²) in [6.45, 7) is 0.498. The Kier molecular flexibility index (Phi) is 8.04. The molecule has 0 spiro atoms. The highest BCUT2D eigenvalue weighted by Gasteiger charge is 2.19. The summed E-state index contributed by atoms with van der Waals surface area (Å²) in [5.74, 6) is 3.70. The molecule has 0 radical (unpaired) electrons. The fraction of sp³-hybridized carbons (Fsp3) is 0.222. The van der Waals surface area contributed by atoms with Crippen LogP contribution in [-0.2, 0) is 4.74 Å². The van der Waals surface area contributed by atoms with Crippen molar-refractivity contribution in [2.24, 2.45) is 17.2 Å². The maximum absolute atomic E-state index is 14.8. The summed E-state index contributed by atoms with van der Waals surface area (Å²) in [7, 11) is 3.33. The summed E-state index contributed by atoms with van der Waals surface area (Å²) in [6.07, 6.45) is 2.13. The Balaban J connectivity index is 2.24. The molecule has 0 aromatic heterocycles. The number of methoxy groups -OCH3 is 1. The first-order valence-corrected chi connectivity index (χ1v) is 9.43. The van der Waals surface area contributed by atoms with Gasteiger partial charge >= 0.3 is 0 Å². The van der Waals surface area contributed by atoms with Crippen molar-refractivity contribution in [3.63, 3.8) is 0 Å². The summed E-state index contributed by atoms with van der Waals surface area (Å²) < 4.78 is 37.0. The van der Waals surface area contributed by atoms with Crippen LogP contribution in [-0.4, -0.2) is 31.9 Å². The summed E-state index contributed by atoms with van der Waals surface area (Å²) >= 11 is 7.19. The minimum atomic E-state index is -0.861. The SMILES string of the molecule is COC1=C(SNc2ccc(F)c(C#C/C(N)=C/NC(N)N)c2F)C=C(Cl)CN1C. The molecule has 0 aliphatic carbocycles. The summed E-state index contributed by atoms with van der Waals surface area (Å²) in [5, 5.41) is 3.12. The fourth-order valence-electron chi connectivity index (χ4n) is 2.28. The van der Waals surface area contributed by atoms with E-state index in [9.17, 15) is 8.78 Å². The van der Waals surface area contributed by atoms with E-state index in [4.69, 9.17) is 33.5 Å². The summed E-state index contributed by atoms with van der Waals surface area (Å²) in [6, 6.07) is 2.37. The molecule has 0 saturated heterocycles.